The van der Waals surface area contributed by atoms with Gasteiger partial charge in [0.2, 0.25) is 11.8 Å². The first-order valence-corrected chi connectivity index (χ1v) is 10.8. The molecule has 4 rings (SSSR count). The van der Waals surface area contributed by atoms with E-state index < -0.39 is 29.5 Å². The van der Waals surface area contributed by atoms with E-state index in [9.17, 15) is 23.6 Å². The van der Waals surface area contributed by atoms with Crippen molar-refractivity contribution < 1.29 is 14.0 Å². The predicted molar refractivity (Wildman–Crippen MR) is 125 cm³/mol. The van der Waals surface area contributed by atoms with Crippen molar-refractivity contribution in [3.63, 3.8) is 0 Å². The van der Waals surface area contributed by atoms with Gasteiger partial charge in [0.15, 0.2) is 5.65 Å². The molecule has 0 bridgehead atoms. The SMILES string of the molecule is CC(=O)N1CCN(c2c(C)cnc3c2c(=O)n(CC(=O)Nc2ccccc2F)c(=O)n3C)CC1. The monoisotopic (exact) mass is 468 g/mol. The molecule has 1 aliphatic rings. The van der Waals surface area contributed by atoms with E-state index in [0.29, 0.717) is 31.9 Å². The Bertz CT molecular complexity index is 1410. The van der Waals surface area contributed by atoms with E-state index in [1.54, 1.807) is 17.2 Å². The Balaban J connectivity index is 1.76. The number of aryl methyl sites for hydroxylation is 2. The van der Waals surface area contributed by atoms with Gasteiger partial charge in [-0.3, -0.25) is 23.5 Å². The van der Waals surface area contributed by atoms with Crippen molar-refractivity contribution in [1.29, 1.82) is 0 Å². The number of carbonyl (C=O) groups is 2. The van der Waals surface area contributed by atoms with E-state index in [0.717, 1.165) is 10.1 Å². The van der Waals surface area contributed by atoms with Gasteiger partial charge < -0.3 is 15.1 Å². The van der Waals surface area contributed by atoms with E-state index in [1.807, 2.05) is 11.8 Å². The number of aromatic nitrogens is 3. The highest BCUT2D eigenvalue weighted by atomic mass is 19.1. The molecule has 178 valence electrons. The molecule has 1 saturated heterocycles. The third-order valence-corrected chi connectivity index (χ3v) is 6.00. The summed E-state index contributed by atoms with van der Waals surface area (Å²) in [6.07, 6.45) is 1.60. The summed E-state index contributed by atoms with van der Waals surface area (Å²) in [4.78, 5) is 58.8. The highest BCUT2D eigenvalue weighted by Crippen LogP contribution is 2.27. The summed E-state index contributed by atoms with van der Waals surface area (Å²) in [5.41, 5.74) is 0.167. The van der Waals surface area contributed by atoms with Gasteiger partial charge in [-0.2, -0.15) is 0 Å². The van der Waals surface area contributed by atoms with E-state index in [-0.39, 0.29) is 22.6 Å². The molecular weight excluding hydrogens is 443 g/mol. The van der Waals surface area contributed by atoms with Crippen LogP contribution in [0.4, 0.5) is 15.8 Å². The molecule has 0 aliphatic carbocycles. The Morgan fingerprint density at radius 2 is 1.79 bits per heavy atom. The lowest BCUT2D eigenvalue weighted by Crippen LogP contribution is -2.49. The first-order valence-electron chi connectivity index (χ1n) is 10.8. The summed E-state index contributed by atoms with van der Waals surface area (Å²) < 4.78 is 16.0. The highest BCUT2D eigenvalue weighted by molar-refractivity contribution is 5.92. The number of benzene rings is 1. The van der Waals surface area contributed by atoms with Gasteiger partial charge in [0.25, 0.3) is 5.56 Å². The second kappa shape index (κ2) is 9.08. The lowest BCUT2D eigenvalue weighted by atomic mass is 10.1. The molecule has 3 aromatic rings. The zero-order valence-electron chi connectivity index (χ0n) is 19.2. The molecule has 1 fully saturated rings. The van der Waals surface area contributed by atoms with Crippen molar-refractivity contribution in [1.82, 2.24) is 19.0 Å². The van der Waals surface area contributed by atoms with E-state index in [2.05, 4.69) is 10.3 Å². The fraction of sp³-hybridized carbons (Fsp3) is 0.348. The number of fused-ring (bicyclic) bond motifs is 1. The zero-order chi connectivity index (χ0) is 24.6. The summed E-state index contributed by atoms with van der Waals surface area (Å²) in [6, 6.07) is 5.64. The molecule has 0 saturated carbocycles. The molecule has 1 aliphatic heterocycles. The average Bonchev–Trinajstić information content (AvgIpc) is 2.81. The van der Waals surface area contributed by atoms with Crippen molar-refractivity contribution in [3.05, 3.63) is 62.7 Å². The first kappa shape index (κ1) is 23.1. The standard InChI is InChI=1S/C23H25FN6O4/c1-14-12-25-21-19(20(14)29-10-8-28(9-11-29)15(2)31)22(33)30(23(34)27(21)3)13-18(32)26-17-7-5-4-6-16(17)24/h4-7,12H,8-11,13H2,1-3H3,(H,26,32). The molecule has 0 radical (unpaired) electrons. The van der Waals surface area contributed by atoms with Crippen LogP contribution in [0.1, 0.15) is 12.5 Å². The normalized spacial score (nSPS) is 13.9. The number of nitrogens with zero attached hydrogens (tertiary/aromatic N) is 5. The predicted octanol–water partition coefficient (Wildman–Crippen LogP) is 0.850. The Morgan fingerprint density at radius 1 is 1.12 bits per heavy atom. The van der Waals surface area contributed by atoms with Crippen LogP contribution in [-0.2, 0) is 23.2 Å². The summed E-state index contributed by atoms with van der Waals surface area (Å²) >= 11 is 0. The van der Waals surface area contributed by atoms with Gasteiger partial charge in [0.05, 0.1) is 11.4 Å². The average molecular weight is 468 g/mol. The zero-order valence-corrected chi connectivity index (χ0v) is 19.2. The third-order valence-electron chi connectivity index (χ3n) is 6.00. The van der Waals surface area contributed by atoms with Gasteiger partial charge in [-0.05, 0) is 24.6 Å². The first-order chi connectivity index (χ1) is 16.2. The maximum atomic E-state index is 13.9. The second-order valence-corrected chi connectivity index (χ2v) is 8.24. The molecule has 2 amide bonds. The summed E-state index contributed by atoms with van der Waals surface area (Å²) in [5, 5.41) is 2.62. The molecule has 10 nitrogen and oxygen atoms in total. The number of piperazine rings is 1. The number of carbonyl (C=O) groups excluding carboxylic acids is 2. The topological polar surface area (TPSA) is 110 Å². The number of amides is 2. The number of para-hydroxylation sites is 1. The van der Waals surface area contributed by atoms with E-state index in [4.69, 9.17) is 0 Å². The fourth-order valence-corrected chi connectivity index (χ4v) is 4.22. The lowest BCUT2D eigenvalue weighted by molar-refractivity contribution is -0.129. The molecular formula is C23H25FN6O4. The van der Waals surface area contributed by atoms with Crippen LogP contribution >= 0.6 is 0 Å². The molecule has 0 atom stereocenters. The minimum atomic E-state index is -0.708. The number of pyridine rings is 1. The number of hydrogen-bond donors (Lipinski definition) is 1. The number of nitrogens with one attached hydrogen (secondary N) is 1. The van der Waals surface area contributed by atoms with E-state index >= 15 is 0 Å². The molecule has 34 heavy (non-hydrogen) atoms. The van der Waals surface area contributed by atoms with Crippen LogP contribution in [0.3, 0.4) is 0 Å². The Kier molecular flexibility index (Phi) is 6.18. The van der Waals surface area contributed by atoms with Crippen molar-refractivity contribution in [3.8, 4) is 0 Å². The lowest BCUT2D eigenvalue weighted by Gasteiger charge is -2.36. The molecule has 2 aromatic heterocycles. The van der Waals surface area contributed by atoms with Gasteiger partial charge in [-0.1, -0.05) is 12.1 Å². The van der Waals surface area contributed by atoms with Crippen LogP contribution in [0, 0.1) is 12.7 Å². The number of rotatable bonds is 4. The molecule has 3 heterocycles. The third kappa shape index (κ3) is 4.16. The molecule has 11 heteroatoms. The van der Waals surface area contributed by atoms with Crippen LogP contribution in [0.5, 0.6) is 0 Å². The summed E-state index contributed by atoms with van der Waals surface area (Å²) in [5.74, 6) is -1.34. The molecule has 0 unspecified atom stereocenters. The van der Waals surface area contributed by atoms with Crippen LogP contribution < -0.4 is 21.5 Å². The Labute approximate surface area is 194 Å². The van der Waals surface area contributed by atoms with Crippen molar-refractivity contribution >= 4 is 34.2 Å². The van der Waals surface area contributed by atoms with Gasteiger partial charge >= 0.3 is 5.69 Å². The van der Waals surface area contributed by atoms with Crippen molar-refractivity contribution in [2.45, 2.75) is 20.4 Å². The summed E-state index contributed by atoms with van der Waals surface area (Å²) in [6.45, 7) is 4.78. The highest BCUT2D eigenvalue weighted by Gasteiger charge is 2.25. The van der Waals surface area contributed by atoms with Gasteiger partial charge in [0.1, 0.15) is 17.7 Å². The Morgan fingerprint density at radius 3 is 2.44 bits per heavy atom. The number of anilines is 2. The maximum Gasteiger partial charge on any atom is 0.332 e. The van der Waals surface area contributed by atoms with Crippen LogP contribution in [0.2, 0.25) is 0 Å². The fourth-order valence-electron chi connectivity index (χ4n) is 4.22. The number of hydrogen-bond acceptors (Lipinski definition) is 6. The van der Waals surface area contributed by atoms with Crippen molar-refractivity contribution in [2.75, 3.05) is 36.4 Å². The Hall–Kier alpha value is -4.02. The van der Waals surface area contributed by atoms with Crippen LogP contribution in [0.25, 0.3) is 11.0 Å². The maximum absolute atomic E-state index is 13.9. The number of halogens is 1. The minimum Gasteiger partial charge on any atom is -0.367 e. The van der Waals surface area contributed by atoms with E-state index in [1.165, 1.54) is 36.7 Å². The van der Waals surface area contributed by atoms with Crippen molar-refractivity contribution in [2.24, 2.45) is 7.05 Å². The minimum absolute atomic E-state index is 0.0124. The molecule has 0 spiro atoms. The molecule has 1 N–H and O–H groups in total. The van der Waals surface area contributed by atoms with Gasteiger partial charge in [-0.15, -0.1) is 0 Å². The van der Waals surface area contributed by atoms with Gasteiger partial charge in [-0.25, -0.2) is 14.2 Å². The smallest absolute Gasteiger partial charge is 0.332 e. The van der Waals surface area contributed by atoms with Gasteiger partial charge in [0, 0.05) is 46.3 Å². The summed E-state index contributed by atoms with van der Waals surface area (Å²) in [7, 11) is 1.48. The quantitative estimate of drug-likeness (QED) is 0.608. The molecule has 1 aromatic carbocycles. The van der Waals surface area contributed by atoms with Crippen LogP contribution in [-0.4, -0.2) is 57.0 Å². The van der Waals surface area contributed by atoms with Crippen LogP contribution in [0.15, 0.2) is 40.1 Å². The second-order valence-electron chi connectivity index (χ2n) is 8.24. The largest absolute Gasteiger partial charge is 0.367 e.